The number of halogens is 3. The summed E-state index contributed by atoms with van der Waals surface area (Å²) in [5.41, 5.74) is 1.55. The SMILES string of the molecule is C[C@H]1C(=O)N(c2ccc(F)c(Cl)c2)CCN1Cc1ccc(F)cc1. The number of piperazine rings is 1. The third-order valence-electron chi connectivity index (χ3n) is 4.30. The summed E-state index contributed by atoms with van der Waals surface area (Å²) in [6.07, 6.45) is 0. The molecule has 1 aliphatic rings. The maximum atomic E-state index is 13.3. The molecule has 0 radical (unpaired) electrons. The van der Waals surface area contributed by atoms with Crippen molar-refractivity contribution in [2.24, 2.45) is 0 Å². The number of nitrogens with zero attached hydrogens (tertiary/aromatic N) is 2. The summed E-state index contributed by atoms with van der Waals surface area (Å²) in [7, 11) is 0. The number of rotatable bonds is 3. The lowest BCUT2D eigenvalue weighted by Gasteiger charge is -2.39. The molecule has 0 spiro atoms. The van der Waals surface area contributed by atoms with E-state index in [1.165, 1.54) is 24.3 Å². The van der Waals surface area contributed by atoms with Crippen LogP contribution in [0.5, 0.6) is 0 Å². The molecule has 0 bridgehead atoms. The molecule has 2 aromatic rings. The zero-order valence-electron chi connectivity index (χ0n) is 13.2. The lowest BCUT2D eigenvalue weighted by molar-refractivity contribution is -0.125. The maximum Gasteiger partial charge on any atom is 0.244 e. The highest BCUT2D eigenvalue weighted by Gasteiger charge is 2.32. The van der Waals surface area contributed by atoms with E-state index in [4.69, 9.17) is 11.6 Å². The van der Waals surface area contributed by atoms with Gasteiger partial charge in [0.05, 0.1) is 11.1 Å². The van der Waals surface area contributed by atoms with Crippen LogP contribution in [0.15, 0.2) is 42.5 Å². The van der Waals surface area contributed by atoms with Crippen LogP contribution in [0.25, 0.3) is 0 Å². The largest absolute Gasteiger partial charge is 0.310 e. The van der Waals surface area contributed by atoms with E-state index in [9.17, 15) is 13.6 Å². The van der Waals surface area contributed by atoms with E-state index >= 15 is 0 Å². The van der Waals surface area contributed by atoms with Crippen molar-refractivity contribution in [3.8, 4) is 0 Å². The molecular weight excluding hydrogens is 334 g/mol. The lowest BCUT2D eigenvalue weighted by atomic mass is 10.1. The Labute approximate surface area is 144 Å². The van der Waals surface area contributed by atoms with Crippen molar-refractivity contribution < 1.29 is 13.6 Å². The zero-order valence-corrected chi connectivity index (χ0v) is 13.9. The van der Waals surface area contributed by atoms with Gasteiger partial charge in [0.15, 0.2) is 0 Å². The average Bonchev–Trinajstić information content (AvgIpc) is 2.57. The van der Waals surface area contributed by atoms with Crippen LogP contribution in [-0.2, 0) is 11.3 Å². The lowest BCUT2D eigenvalue weighted by Crippen LogP contribution is -2.55. The van der Waals surface area contributed by atoms with Crippen LogP contribution in [0.2, 0.25) is 5.02 Å². The van der Waals surface area contributed by atoms with E-state index in [0.29, 0.717) is 25.3 Å². The second-order valence-corrected chi connectivity index (χ2v) is 6.27. The predicted octanol–water partition coefficient (Wildman–Crippen LogP) is 3.86. The van der Waals surface area contributed by atoms with Crippen LogP contribution >= 0.6 is 11.6 Å². The topological polar surface area (TPSA) is 23.6 Å². The Morgan fingerprint density at radius 3 is 2.50 bits per heavy atom. The number of carbonyl (C=O) groups is 1. The third-order valence-corrected chi connectivity index (χ3v) is 4.59. The fraction of sp³-hybridized carbons (Fsp3) is 0.278. The molecule has 0 unspecified atom stereocenters. The Morgan fingerprint density at radius 2 is 1.83 bits per heavy atom. The van der Waals surface area contributed by atoms with Crippen molar-refractivity contribution in [2.75, 3.05) is 18.0 Å². The number of hydrogen-bond donors (Lipinski definition) is 0. The molecule has 6 heteroatoms. The molecule has 1 fully saturated rings. The first kappa shape index (κ1) is 16.9. The van der Waals surface area contributed by atoms with E-state index in [0.717, 1.165) is 5.56 Å². The van der Waals surface area contributed by atoms with Gasteiger partial charge in [-0.1, -0.05) is 23.7 Å². The molecule has 1 saturated heterocycles. The minimum atomic E-state index is -0.504. The molecule has 0 aromatic heterocycles. The van der Waals surface area contributed by atoms with Gasteiger partial charge in [-0.05, 0) is 42.8 Å². The van der Waals surface area contributed by atoms with Gasteiger partial charge in [0.25, 0.3) is 0 Å². The van der Waals surface area contributed by atoms with Crippen molar-refractivity contribution in [2.45, 2.75) is 19.5 Å². The number of benzene rings is 2. The van der Waals surface area contributed by atoms with E-state index in [2.05, 4.69) is 0 Å². The zero-order chi connectivity index (χ0) is 17.3. The van der Waals surface area contributed by atoms with Gasteiger partial charge < -0.3 is 4.90 Å². The molecule has 3 nitrogen and oxygen atoms in total. The van der Waals surface area contributed by atoms with Gasteiger partial charge in [0.2, 0.25) is 5.91 Å². The molecule has 0 N–H and O–H groups in total. The highest BCUT2D eigenvalue weighted by molar-refractivity contribution is 6.31. The summed E-state index contributed by atoms with van der Waals surface area (Å²) < 4.78 is 26.3. The first-order valence-electron chi connectivity index (χ1n) is 7.70. The number of amides is 1. The third kappa shape index (κ3) is 3.42. The van der Waals surface area contributed by atoms with Crippen molar-refractivity contribution >= 4 is 23.2 Å². The van der Waals surface area contributed by atoms with Crippen molar-refractivity contribution in [3.05, 3.63) is 64.7 Å². The van der Waals surface area contributed by atoms with Crippen LogP contribution in [-0.4, -0.2) is 29.9 Å². The predicted molar refractivity (Wildman–Crippen MR) is 90.0 cm³/mol. The highest BCUT2D eigenvalue weighted by Crippen LogP contribution is 2.26. The second kappa shape index (κ2) is 6.87. The van der Waals surface area contributed by atoms with Gasteiger partial charge in [0.1, 0.15) is 11.6 Å². The molecule has 3 rings (SSSR count). The Kier molecular flexibility index (Phi) is 4.83. The van der Waals surface area contributed by atoms with Crippen molar-refractivity contribution in [3.63, 3.8) is 0 Å². The highest BCUT2D eigenvalue weighted by atomic mass is 35.5. The van der Waals surface area contributed by atoms with Crippen molar-refractivity contribution in [1.82, 2.24) is 4.90 Å². The van der Waals surface area contributed by atoms with Crippen LogP contribution < -0.4 is 4.90 Å². The van der Waals surface area contributed by atoms with Crippen LogP contribution in [0.1, 0.15) is 12.5 Å². The van der Waals surface area contributed by atoms with E-state index < -0.39 is 5.82 Å². The molecule has 2 aromatic carbocycles. The summed E-state index contributed by atoms with van der Waals surface area (Å²) in [6, 6.07) is 10.2. The van der Waals surface area contributed by atoms with Crippen molar-refractivity contribution in [1.29, 1.82) is 0 Å². The minimum absolute atomic E-state index is 0.00157. The molecule has 0 aliphatic carbocycles. The fourth-order valence-electron chi connectivity index (χ4n) is 2.86. The average molecular weight is 351 g/mol. The van der Waals surface area contributed by atoms with E-state index in [-0.39, 0.29) is 22.8 Å². The summed E-state index contributed by atoms with van der Waals surface area (Å²) >= 11 is 5.81. The normalized spacial score (nSPS) is 18.9. The first-order chi connectivity index (χ1) is 11.5. The van der Waals surface area contributed by atoms with Gasteiger partial charge in [-0.2, -0.15) is 0 Å². The second-order valence-electron chi connectivity index (χ2n) is 5.86. The Bertz CT molecular complexity index is 751. The molecule has 0 saturated carbocycles. The van der Waals surface area contributed by atoms with Crippen LogP contribution in [0.4, 0.5) is 14.5 Å². The number of carbonyl (C=O) groups excluding carboxylic acids is 1. The van der Waals surface area contributed by atoms with Gasteiger partial charge in [0, 0.05) is 25.3 Å². The van der Waals surface area contributed by atoms with Gasteiger partial charge in [-0.25, -0.2) is 8.78 Å². The summed E-state index contributed by atoms with van der Waals surface area (Å²) in [5.74, 6) is -0.845. The van der Waals surface area contributed by atoms with Gasteiger partial charge in [-0.15, -0.1) is 0 Å². The van der Waals surface area contributed by atoms with Gasteiger partial charge >= 0.3 is 0 Å². The Hall–Kier alpha value is -1.98. The Balaban J connectivity index is 1.73. The standard InChI is InChI=1S/C18H17ClF2N2O/c1-12-18(24)23(15-6-7-17(21)16(19)10-15)9-8-22(12)11-13-2-4-14(20)5-3-13/h2-7,10,12H,8-9,11H2,1H3/t12-/m0/s1. The van der Waals surface area contributed by atoms with Crippen LogP contribution in [0.3, 0.4) is 0 Å². The molecule has 1 heterocycles. The molecule has 1 atom stereocenters. The van der Waals surface area contributed by atoms with E-state index in [1.54, 1.807) is 23.1 Å². The summed E-state index contributed by atoms with van der Waals surface area (Å²) in [5, 5.41) is 0.00157. The van der Waals surface area contributed by atoms with E-state index in [1.807, 2.05) is 11.8 Å². The smallest absolute Gasteiger partial charge is 0.244 e. The summed E-state index contributed by atoms with van der Waals surface area (Å²) in [6.45, 7) is 3.57. The molecular formula is C18H17ClF2N2O. The first-order valence-corrected chi connectivity index (χ1v) is 8.08. The summed E-state index contributed by atoms with van der Waals surface area (Å²) in [4.78, 5) is 16.3. The van der Waals surface area contributed by atoms with Gasteiger partial charge in [-0.3, -0.25) is 9.69 Å². The molecule has 126 valence electrons. The molecule has 1 amide bonds. The quantitative estimate of drug-likeness (QED) is 0.839. The molecule has 1 aliphatic heterocycles. The maximum absolute atomic E-state index is 13.3. The van der Waals surface area contributed by atoms with Crippen LogP contribution in [0, 0.1) is 11.6 Å². The number of anilines is 1. The number of hydrogen-bond acceptors (Lipinski definition) is 2. The monoisotopic (exact) mass is 350 g/mol. The fourth-order valence-corrected chi connectivity index (χ4v) is 3.04. The molecule has 24 heavy (non-hydrogen) atoms. The Morgan fingerprint density at radius 1 is 1.12 bits per heavy atom. The minimum Gasteiger partial charge on any atom is -0.310 e.